The maximum atomic E-state index is 10.7. The maximum Gasteiger partial charge on any atom is 0.150 e. The molecule has 0 aliphatic carbocycles. The molecule has 0 unspecified atom stereocenters. The predicted molar refractivity (Wildman–Crippen MR) is 67.7 cm³/mol. The first-order valence-corrected chi connectivity index (χ1v) is 6.20. The Labute approximate surface area is 102 Å². The topological polar surface area (TPSA) is 29.5 Å². The average molecular weight is 233 g/mol. The zero-order valence-corrected chi connectivity index (χ0v) is 10.3. The van der Waals surface area contributed by atoms with E-state index in [-0.39, 0.29) is 0 Å². The Balaban J connectivity index is 1.82. The van der Waals surface area contributed by atoms with E-state index in [0.29, 0.717) is 0 Å². The number of aldehydes is 1. The Bertz CT molecular complexity index is 384. The summed E-state index contributed by atoms with van der Waals surface area (Å²) in [5.74, 6) is 0.854. The Morgan fingerprint density at radius 3 is 2.76 bits per heavy atom. The van der Waals surface area contributed by atoms with Crippen LogP contribution >= 0.6 is 0 Å². The molecule has 3 heteroatoms. The third kappa shape index (κ3) is 3.30. The normalized spacial score (nSPS) is 16.1. The van der Waals surface area contributed by atoms with E-state index in [9.17, 15) is 4.79 Å². The van der Waals surface area contributed by atoms with Crippen molar-refractivity contribution < 1.29 is 9.53 Å². The van der Waals surface area contributed by atoms with E-state index >= 15 is 0 Å². The van der Waals surface area contributed by atoms with Crippen molar-refractivity contribution in [3.05, 3.63) is 29.3 Å². The van der Waals surface area contributed by atoms with Crippen LogP contribution in [0.25, 0.3) is 0 Å². The smallest absolute Gasteiger partial charge is 0.150 e. The van der Waals surface area contributed by atoms with Crippen molar-refractivity contribution >= 4 is 6.29 Å². The van der Waals surface area contributed by atoms with Crippen LogP contribution in [-0.4, -0.2) is 37.4 Å². The summed E-state index contributed by atoms with van der Waals surface area (Å²) in [5, 5.41) is 0. The number of rotatable bonds is 5. The van der Waals surface area contributed by atoms with Crippen LogP contribution in [0.4, 0.5) is 0 Å². The van der Waals surface area contributed by atoms with Gasteiger partial charge in [-0.25, -0.2) is 0 Å². The molecule has 1 aliphatic rings. The molecule has 0 atom stereocenters. The summed E-state index contributed by atoms with van der Waals surface area (Å²) in [6.45, 7) is 6.05. The number of nitrogens with zero attached hydrogens (tertiary/aromatic N) is 1. The van der Waals surface area contributed by atoms with Gasteiger partial charge in [0.05, 0.1) is 0 Å². The lowest BCUT2D eigenvalue weighted by molar-refractivity contribution is 0.112. The quantitative estimate of drug-likeness (QED) is 0.731. The number of hydrogen-bond acceptors (Lipinski definition) is 3. The van der Waals surface area contributed by atoms with E-state index in [4.69, 9.17) is 4.74 Å². The van der Waals surface area contributed by atoms with Gasteiger partial charge in [0.2, 0.25) is 0 Å². The first-order chi connectivity index (χ1) is 8.29. The van der Waals surface area contributed by atoms with E-state index < -0.39 is 0 Å². The molecular weight excluding hydrogens is 214 g/mol. The first-order valence-electron chi connectivity index (χ1n) is 6.20. The Kier molecular flexibility index (Phi) is 4.15. The highest BCUT2D eigenvalue weighted by atomic mass is 16.5. The minimum atomic E-state index is 0.722. The number of carbonyl (C=O) groups is 1. The van der Waals surface area contributed by atoms with Gasteiger partial charge < -0.3 is 4.74 Å². The van der Waals surface area contributed by atoms with Crippen LogP contribution in [0.2, 0.25) is 0 Å². The van der Waals surface area contributed by atoms with Gasteiger partial charge in [0, 0.05) is 12.1 Å². The molecule has 0 amide bonds. The molecule has 1 aliphatic heterocycles. The van der Waals surface area contributed by atoms with Gasteiger partial charge in [-0.1, -0.05) is 0 Å². The highest BCUT2D eigenvalue weighted by molar-refractivity contribution is 5.77. The lowest BCUT2D eigenvalue weighted by atomic mass is 10.1. The average Bonchev–Trinajstić information content (AvgIpc) is 2.82. The molecule has 1 saturated heterocycles. The highest BCUT2D eigenvalue weighted by Gasteiger charge is 2.10. The van der Waals surface area contributed by atoms with Gasteiger partial charge in [-0.05, 0) is 56.6 Å². The zero-order valence-electron chi connectivity index (χ0n) is 10.3. The second kappa shape index (κ2) is 5.82. The minimum absolute atomic E-state index is 0.722. The van der Waals surface area contributed by atoms with Crippen molar-refractivity contribution in [1.82, 2.24) is 4.90 Å². The minimum Gasteiger partial charge on any atom is -0.492 e. The summed E-state index contributed by atoms with van der Waals surface area (Å²) in [4.78, 5) is 13.1. The molecule has 0 N–H and O–H groups in total. The summed E-state index contributed by atoms with van der Waals surface area (Å²) in [7, 11) is 0. The molecule has 0 spiro atoms. The van der Waals surface area contributed by atoms with Gasteiger partial charge in [-0.2, -0.15) is 0 Å². The number of hydrogen-bond donors (Lipinski definition) is 0. The van der Waals surface area contributed by atoms with Gasteiger partial charge in [0.15, 0.2) is 0 Å². The molecule has 2 rings (SSSR count). The molecule has 17 heavy (non-hydrogen) atoms. The molecule has 1 heterocycles. The van der Waals surface area contributed by atoms with E-state index in [2.05, 4.69) is 4.90 Å². The molecule has 92 valence electrons. The van der Waals surface area contributed by atoms with Crippen LogP contribution in [0, 0.1) is 6.92 Å². The fourth-order valence-electron chi connectivity index (χ4n) is 2.17. The SMILES string of the molecule is Cc1cc(OCCN2CCCC2)ccc1C=O. The number of likely N-dealkylation sites (tertiary alicyclic amines) is 1. The molecule has 0 radical (unpaired) electrons. The molecule has 1 fully saturated rings. The largest absolute Gasteiger partial charge is 0.492 e. The van der Waals surface area contributed by atoms with Gasteiger partial charge in [-0.3, -0.25) is 9.69 Å². The number of ether oxygens (including phenoxy) is 1. The molecule has 3 nitrogen and oxygen atoms in total. The van der Waals surface area contributed by atoms with Crippen molar-refractivity contribution in [3.63, 3.8) is 0 Å². The van der Waals surface area contributed by atoms with Crippen molar-refractivity contribution in [1.29, 1.82) is 0 Å². The summed E-state index contributed by atoms with van der Waals surface area (Å²) >= 11 is 0. The third-order valence-corrected chi connectivity index (χ3v) is 3.24. The van der Waals surface area contributed by atoms with Crippen LogP contribution in [-0.2, 0) is 0 Å². The lowest BCUT2D eigenvalue weighted by Crippen LogP contribution is -2.25. The number of carbonyl (C=O) groups excluding carboxylic acids is 1. The lowest BCUT2D eigenvalue weighted by Gasteiger charge is -2.15. The van der Waals surface area contributed by atoms with Crippen LogP contribution in [0.3, 0.4) is 0 Å². The number of benzene rings is 1. The van der Waals surface area contributed by atoms with Crippen LogP contribution < -0.4 is 4.74 Å². The van der Waals surface area contributed by atoms with Crippen molar-refractivity contribution in [2.45, 2.75) is 19.8 Å². The molecule has 0 bridgehead atoms. The molecule has 1 aromatic rings. The summed E-state index contributed by atoms with van der Waals surface area (Å²) in [5.41, 5.74) is 1.70. The van der Waals surface area contributed by atoms with Gasteiger partial charge in [0.25, 0.3) is 0 Å². The van der Waals surface area contributed by atoms with Crippen LogP contribution in [0.15, 0.2) is 18.2 Å². The Morgan fingerprint density at radius 1 is 1.35 bits per heavy atom. The highest BCUT2D eigenvalue weighted by Crippen LogP contribution is 2.16. The zero-order chi connectivity index (χ0) is 12.1. The summed E-state index contributed by atoms with van der Waals surface area (Å²) in [6, 6.07) is 5.60. The number of aryl methyl sites for hydroxylation is 1. The Hall–Kier alpha value is -1.35. The van der Waals surface area contributed by atoms with E-state index in [1.807, 2.05) is 25.1 Å². The fourth-order valence-corrected chi connectivity index (χ4v) is 2.17. The molecular formula is C14H19NO2. The van der Waals surface area contributed by atoms with Crippen molar-refractivity contribution in [2.75, 3.05) is 26.2 Å². The van der Waals surface area contributed by atoms with Crippen molar-refractivity contribution in [2.24, 2.45) is 0 Å². The second-order valence-electron chi connectivity index (χ2n) is 4.53. The van der Waals surface area contributed by atoms with Crippen LogP contribution in [0.5, 0.6) is 5.75 Å². The summed E-state index contributed by atoms with van der Waals surface area (Å²) in [6.07, 6.45) is 3.50. The summed E-state index contributed by atoms with van der Waals surface area (Å²) < 4.78 is 5.69. The Morgan fingerprint density at radius 2 is 2.12 bits per heavy atom. The van der Waals surface area contributed by atoms with E-state index in [0.717, 1.165) is 36.3 Å². The van der Waals surface area contributed by atoms with Gasteiger partial charge >= 0.3 is 0 Å². The maximum absolute atomic E-state index is 10.7. The molecule has 1 aromatic carbocycles. The molecule has 0 aromatic heterocycles. The second-order valence-corrected chi connectivity index (χ2v) is 4.53. The molecule has 0 saturated carbocycles. The predicted octanol–water partition coefficient (Wildman–Crippen LogP) is 2.28. The van der Waals surface area contributed by atoms with Crippen molar-refractivity contribution in [3.8, 4) is 5.75 Å². The van der Waals surface area contributed by atoms with Crippen LogP contribution in [0.1, 0.15) is 28.8 Å². The van der Waals surface area contributed by atoms with Gasteiger partial charge in [0.1, 0.15) is 18.6 Å². The fraction of sp³-hybridized carbons (Fsp3) is 0.500. The standard InChI is InChI=1S/C14H19NO2/c1-12-10-14(5-4-13(12)11-16)17-9-8-15-6-2-3-7-15/h4-5,10-11H,2-3,6-9H2,1H3. The monoisotopic (exact) mass is 233 g/mol. The van der Waals surface area contributed by atoms with Gasteiger partial charge in [-0.15, -0.1) is 0 Å². The third-order valence-electron chi connectivity index (χ3n) is 3.24. The van der Waals surface area contributed by atoms with E-state index in [1.54, 1.807) is 0 Å². The first kappa shape index (κ1) is 12.1. The van der Waals surface area contributed by atoms with E-state index in [1.165, 1.54) is 25.9 Å².